The molecule has 1 saturated heterocycles. The minimum Gasteiger partial charge on any atom is -0.393 e. The van der Waals surface area contributed by atoms with Crippen molar-refractivity contribution in [2.24, 2.45) is 7.05 Å². The predicted molar refractivity (Wildman–Crippen MR) is 179 cm³/mol. The van der Waals surface area contributed by atoms with Crippen LogP contribution in [0, 0.1) is 6.92 Å². The van der Waals surface area contributed by atoms with E-state index >= 15 is 0 Å². The Kier molecular flexibility index (Phi) is 9.21. The highest BCUT2D eigenvalue weighted by Gasteiger charge is 2.28. The van der Waals surface area contributed by atoms with Gasteiger partial charge in [-0.3, -0.25) is 19.8 Å². The molecule has 1 amide bonds. The lowest BCUT2D eigenvalue weighted by Crippen LogP contribution is -2.45. The number of aromatic nitrogens is 5. The van der Waals surface area contributed by atoms with Crippen LogP contribution in [-0.2, 0) is 7.05 Å². The quantitative estimate of drug-likeness (QED) is 0.287. The third-order valence-electron chi connectivity index (χ3n) is 9.50. The van der Waals surface area contributed by atoms with Gasteiger partial charge in [-0.2, -0.15) is 5.10 Å². The van der Waals surface area contributed by atoms with Crippen LogP contribution in [0.15, 0.2) is 42.7 Å². The summed E-state index contributed by atoms with van der Waals surface area (Å²) in [5, 5.41) is 17.7. The van der Waals surface area contributed by atoms with Gasteiger partial charge in [-0.25, -0.2) is 4.98 Å². The average molecular weight is 614 g/mol. The van der Waals surface area contributed by atoms with E-state index < -0.39 is 0 Å². The van der Waals surface area contributed by atoms with Gasteiger partial charge >= 0.3 is 0 Å². The van der Waals surface area contributed by atoms with Crippen molar-refractivity contribution in [3.05, 3.63) is 54.0 Å². The maximum atomic E-state index is 13.7. The van der Waals surface area contributed by atoms with Gasteiger partial charge in [0.15, 0.2) is 0 Å². The molecule has 45 heavy (non-hydrogen) atoms. The Bertz CT molecular complexity index is 1630. The first-order chi connectivity index (χ1) is 21.6. The van der Waals surface area contributed by atoms with Gasteiger partial charge in [-0.15, -0.1) is 0 Å². The van der Waals surface area contributed by atoms with Crippen molar-refractivity contribution >= 4 is 28.6 Å². The fraction of sp³-hybridized carbons (Fsp3) is 0.529. The van der Waals surface area contributed by atoms with E-state index in [1.54, 1.807) is 16.9 Å². The third-order valence-corrected chi connectivity index (χ3v) is 9.50. The monoisotopic (exact) mass is 613 g/mol. The maximum Gasteiger partial charge on any atom is 0.258 e. The van der Waals surface area contributed by atoms with E-state index in [1.807, 2.05) is 26.2 Å². The normalized spacial score (nSPS) is 19.6. The number of imidazole rings is 1. The first kappa shape index (κ1) is 31.2. The van der Waals surface area contributed by atoms with Gasteiger partial charge in [0.1, 0.15) is 0 Å². The molecule has 11 nitrogen and oxygen atoms in total. The van der Waals surface area contributed by atoms with E-state index in [2.05, 4.69) is 74.0 Å². The fourth-order valence-corrected chi connectivity index (χ4v) is 6.83. The summed E-state index contributed by atoms with van der Waals surface area (Å²) in [6.07, 6.45) is 8.80. The molecule has 2 N–H and O–H groups in total. The second kappa shape index (κ2) is 13.3. The predicted octanol–water partition coefficient (Wildman–Crippen LogP) is 4.33. The summed E-state index contributed by atoms with van der Waals surface area (Å²) in [5.74, 6) is 0.325. The van der Waals surface area contributed by atoms with Crippen LogP contribution >= 0.6 is 0 Å². The number of likely N-dealkylation sites (N-methyl/N-ethyl adjacent to an activating group) is 2. The zero-order valence-electron chi connectivity index (χ0n) is 27.3. The van der Waals surface area contributed by atoms with Crippen molar-refractivity contribution in [3.63, 3.8) is 0 Å². The summed E-state index contributed by atoms with van der Waals surface area (Å²) < 4.78 is 3.93. The highest BCUT2D eigenvalue weighted by Crippen LogP contribution is 2.36. The Morgan fingerprint density at radius 1 is 1.00 bits per heavy atom. The zero-order valence-corrected chi connectivity index (χ0v) is 27.3. The van der Waals surface area contributed by atoms with Crippen molar-refractivity contribution < 1.29 is 9.90 Å². The standard InChI is InChI=1S/C34H47N9O2/c1-23-18-24(19-31(36-23)25-21-35-41(5)22-25)33(45)38-34-37-30-11-8-28(20-32(30)43(34)27-6-9-29(44)10-7-27)42-14-12-26(13-15-42)40(4)17-16-39(2)3/h8,11,18-22,26-27,29,44H,6-7,9-10,12-17H2,1-5H3,(H,37,38,45)/t27-,29+. The number of carbonyl (C=O) groups excluding carboxylic acids is 1. The Balaban J connectivity index is 1.26. The van der Waals surface area contributed by atoms with Gasteiger partial charge in [0.25, 0.3) is 5.91 Å². The number of nitrogens with zero attached hydrogens (tertiary/aromatic N) is 8. The average Bonchev–Trinajstić information content (AvgIpc) is 3.62. The van der Waals surface area contributed by atoms with Crippen LogP contribution in [0.4, 0.5) is 11.6 Å². The van der Waals surface area contributed by atoms with Crippen LogP contribution < -0.4 is 10.2 Å². The number of nitrogens with one attached hydrogen (secondary N) is 1. The second-order valence-electron chi connectivity index (χ2n) is 13.2. The number of aryl methyl sites for hydroxylation is 2. The molecule has 240 valence electrons. The van der Waals surface area contributed by atoms with Crippen molar-refractivity contribution in [2.75, 3.05) is 57.5 Å². The molecule has 6 rings (SSSR count). The number of fused-ring (bicyclic) bond motifs is 1. The lowest BCUT2D eigenvalue weighted by atomic mass is 9.93. The molecule has 0 atom stereocenters. The lowest BCUT2D eigenvalue weighted by Gasteiger charge is -2.38. The summed E-state index contributed by atoms with van der Waals surface area (Å²) in [4.78, 5) is 30.5. The highest BCUT2D eigenvalue weighted by molar-refractivity contribution is 6.05. The summed E-state index contributed by atoms with van der Waals surface area (Å²) >= 11 is 0. The van der Waals surface area contributed by atoms with Crippen LogP contribution in [0.5, 0.6) is 0 Å². The number of anilines is 2. The van der Waals surface area contributed by atoms with E-state index in [9.17, 15) is 9.90 Å². The van der Waals surface area contributed by atoms with Crippen molar-refractivity contribution in [1.29, 1.82) is 0 Å². The van der Waals surface area contributed by atoms with Crippen LogP contribution in [0.1, 0.15) is 60.6 Å². The molecule has 2 fully saturated rings. The second-order valence-corrected chi connectivity index (χ2v) is 13.2. The maximum absolute atomic E-state index is 13.7. The van der Waals surface area contributed by atoms with Gasteiger partial charge in [0.2, 0.25) is 5.95 Å². The van der Waals surface area contributed by atoms with Crippen LogP contribution in [0.2, 0.25) is 0 Å². The van der Waals surface area contributed by atoms with E-state index in [-0.39, 0.29) is 18.1 Å². The van der Waals surface area contributed by atoms with Gasteiger partial charge in [0, 0.05) is 74.0 Å². The van der Waals surface area contributed by atoms with E-state index in [0.717, 1.165) is 87.0 Å². The number of carbonyl (C=O) groups is 1. The first-order valence-corrected chi connectivity index (χ1v) is 16.2. The number of pyridine rings is 1. The molecular formula is C34H47N9O2. The Morgan fingerprint density at radius 3 is 2.44 bits per heavy atom. The zero-order chi connectivity index (χ0) is 31.7. The summed E-state index contributed by atoms with van der Waals surface area (Å²) in [5.41, 5.74) is 5.93. The molecule has 0 bridgehead atoms. The number of hydrogen-bond acceptors (Lipinski definition) is 8. The lowest BCUT2D eigenvalue weighted by molar-refractivity contribution is 0.102. The number of amides is 1. The highest BCUT2D eigenvalue weighted by atomic mass is 16.3. The summed E-state index contributed by atoms with van der Waals surface area (Å²) in [7, 11) is 8.37. The molecule has 0 spiro atoms. The molecule has 1 aliphatic heterocycles. The minimum absolute atomic E-state index is 0.144. The molecule has 0 unspecified atom stereocenters. The SMILES string of the molecule is Cc1cc(C(=O)Nc2nc3ccc(N4CCC(N(C)CCN(C)C)CC4)cc3n2[C@H]2CC[C@@H](O)CC2)cc(-c2cnn(C)c2)n1. The topological polar surface area (TPSA) is 108 Å². The number of hydrogen-bond donors (Lipinski definition) is 2. The molecule has 1 aliphatic carbocycles. The largest absolute Gasteiger partial charge is 0.393 e. The molecule has 0 radical (unpaired) electrons. The number of aliphatic hydroxyl groups excluding tert-OH is 1. The van der Waals surface area contributed by atoms with E-state index in [1.165, 1.54) is 5.69 Å². The first-order valence-electron chi connectivity index (χ1n) is 16.2. The molecule has 3 aromatic heterocycles. The minimum atomic E-state index is -0.271. The fourth-order valence-electron chi connectivity index (χ4n) is 6.83. The van der Waals surface area contributed by atoms with Crippen LogP contribution in [0.3, 0.4) is 0 Å². The molecule has 1 saturated carbocycles. The number of piperidine rings is 1. The number of benzene rings is 1. The van der Waals surface area contributed by atoms with E-state index in [4.69, 9.17) is 4.98 Å². The van der Waals surface area contributed by atoms with Gasteiger partial charge < -0.3 is 24.4 Å². The molecule has 4 heterocycles. The molecule has 11 heteroatoms. The van der Waals surface area contributed by atoms with Gasteiger partial charge in [0.05, 0.1) is 29.0 Å². The van der Waals surface area contributed by atoms with E-state index in [0.29, 0.717) is 23.2 Å². The number of aliphatic hydroxyl groups is 1. The Hall–Kier alpha value is -3.80. The van der Waals surface area contributed by atoms with Gasteiger partial charge in [-0.05, 0) is 96.9 Å². The third kappa shape index (κ3) is 7.05. The Morgan fingerprint density at radius 2 is 1.76 bits per heavy atom. The van der Waals surface area contributed by atoms with Crippen molar-refractivity contribution in [1.82, 2.24) is 34.1 Å². The smallest absolute Gasteiger partial charge is 0.258 e. The molecule has 4 aromatic rings. The number of rotatable bonds is 9. The summed E-state index contributed by atoms with van der Waals surface area (Å²) in [6, 6.07) is 10.9. The van der Waals surface area contributed by atoms with Crippen molar-refractivity contribution in [3.8, 4) is 11.3 Å². The van der Waals surface area contributed by atoms with Crippen molar-refractivity contribution in [2.45, 2.75) is 63.6 Å². The van der Waals surface area contributed by atoms with Gasteiger partial charge in [-0.1, -0.05) is 0 Å². The summed E-state index contributed by atoms with van der Waals surface area (Å²) in [6.45, 7) is 6.07. The molecule has 1 aromatic carbocycles. The molecular weight excluding hydrogens is 566 g/mol. The Labute approximate surface area is 265 Å². The van der Waals surface area contributed by atoms with Crippen LogP contribution in [0.25, 0.3) is 22.3 Å². The molecule has 2 aliphatic rings. The van der Waals surface area contributed by atoms with Crippen LogP contribution in [-0.4, -0.2) is 105 Å².